The third kappa shape index (κ3) is 4.19. The van der Waals surface area contributed by atoms with Gasteiger partial charge in [0, 0.05) is 19.1 Å². The van der Waals surface area contributed by atoms with Gasteiger partial charge in [0.25, 0.3) is 0 Å². The summed E-state index contributed by atoms with van der Waals surface area (Å²) in [7, 11) is 1.56. The van der Waals surface area contributed by atoms with E-state index in [0.717, 1.165) is 16.5 Å². The van der Waals surface area contributed by atoms with E-state index in [9.17, 15) is 15.0 Å². The number of ether oxygens (including phenoxy) is 1. The van der Waals surface area contributed by atoms with Crippen LogP contribution in [0.25, 0.3) is 17.0 Å². The molecule has 24 heavy (non-hydrogen) atoms. The summed E-state index contributed by atoms with van der Waals surface area (Å²) in [5.74, 6) is -0.883. The maximum atomic E-state index is 11.5. The predicted octanol–water partition coefficient (Wildman–Crippen LogP) is 3.43. The summed E-state index contributed by atoms with van der Waals surface area (Å²) in [6.07, 6.45) is 3.25. The predicted molar refractivity (Wildman–Crippen MR) is 93.6 cm³/mol. The van der Waals surface area contributed by atoms with E-state index in [2.05, 4.69) is 4.98 Å². The molecule has 0 radical (unpaired) electrons. The zero-order chi connectivity index (χ0) is 17.7. The van der Waals surface area contributed by atoms with Gasteiger partial charge in [0.1, 0.15) is 0 Å². The van der Waals surface area contributed by atoms with Crippen LogP contribution in [0.15, 0.2) is 36.4 Å². The molecule has 0 amide bonds. The van der Waals surface area contributed by atoms with Crippen molar-refractivity contribution in [2.45, 2.75) is 26.4 Å². The molecule has 0 aliphatic carbocycles. The third-order valence-corrected chi connectivity index (χ3v) is 4.12. The number of benzene rings is 1. The van der Waals surface area contributed by atoms with Crippen molar-refractivity contribution >= 4 is 22.9 Å². The molecular weight excluding hydrogens is 306 g/mol. The zero-order valence-corrected chi connectivity index (χ0v) is 14.2. The number of methoxy groups -OCH3 is 1. The third-order valence-electron chi connectivity index (χ3n) is 4.12. The van der Waals surface area contributed by atoms with Crippen molar-refractivity contribution in [2.75, 3.05) is 13.7 Å². The number of carboxylic acid groups (broad SMARTS) is 1. The van der Waals surface area contributed by atoms with E-state index in [1.54, 1.807) is 39.2 Å². The van der Waals surface area contributed by atoms with Crippen molar-refractivity contribution in [3.05, 3.63) is 47.7 Å². The van der Waals surface area contributed by atoms with Crippen LogP contribution in [0.5, 0.6) is 0 Å². The molecule has 2 rings (SSSR count). The molecule has 128 valence electrons. The van der Waals surface area contributed by atoms with Crippen molar-refractivity contribution in [3.8, 4) is 0 Å². The Morgan fingerprint density at radius 2 is 2.08 bits per heavy atom. The first kappa shape index (κ1) is 18.1. The monoisotopic (exact) mass is 329 g/mol. The molecule has 2 atom stereocenters. The summed E-state index contributed by atoms with van der Waals surface area (Å²) in [4.78, 5) is 16.0. The quantitative estimate of drug-likeness (QED) is 0.813. The molecule has 0 saturated carbocycles. The lowest BCUT2D eigenvalue weighted by molar-refractivity contribution is -0.145. The first-order valence-electron chi connectivity index (χ1n) is 7.86. The fourth-order valence-corrected chi connectivity index (χ4v) is 2.34. The van der Waals surface area contributed by atoms with Gasteiger partial charge in [-0.3, -0.25) is 9.78 Å². The molecule has 0 aliphatic rings. The highest BCUT2D eigenvalue weighted by Crippen LogP contribution is 2.26. The summed E-state index contributed by atoms with van der Waals surface area (Å²) >= 11 is 0. The van der Waals surface area contributed by atoms with Gasteiger partial charge in [-0.2, -0.15) is 0 Å². The maximum Gasteiger partial charge on any atom is 0.313 e. The summed E-state index contributed by atoms with van der Waals surface area (Å²) in [6, 6.07) is 9.45. The maximum absolute atomic E-state index is 11.5. The number of carbonyl (C=O) groups is 1. The van der Waals surface area contributed by atoms with Gasteiger partial charge in [0.15, 0.2) is 0 Å². The van der Waals surface area contributed by atoms with Gasteiger partial charge in [-0.25, -0.2) is 0 Å². The molecule has 0 bridgehead atoms. The van der Waals surface area contributed by atoms with Crippen LogP contribution in [0.2, 0.25) is 0 Å². The van der Waals surface area contributed by atoms with E-state index < -0.39 is 17.5 Å². The number of pyridine rings is 1. The normalized spacial score (nSPS) is 15.5. The van der Waals surface area contributed by atoms with Crippen LogP contribution in [0.3, 0.4) is 0 Å². The Labute approximate surface area is 141 Å². The van der Waals surface area contributed by atoms with E-state index in [1.165, 1.54) is 0 Å². The highest BCUT2D eigenvalue weighted by Gasteiger charge is 2.29. The van der Waals surface area contributed by atoms with Gasteiger partial charge < -0.3 is 14.9 Å². The Morgan fingerprint density at radius 1 is 1.38 bits per heavy atom. The molecule has 0 aliphatic heterocycles. The molecule has 1 heterocycles. The zero-order valence-electron chi connectivity index (χ0n) is 14.2. The molecule has 1 unspecified atom stereocenters. The van der Waals surface area contributed by atoms with E-state index >= 15 is 0 Å². The fourth-order valence-electron chi connectivity index (χ4n) is 2.34. The number of rotatable bonds is 7. The number of aromatic nitrogens is 1. The first-order chi connectivity index (χ1) is 11.4. The van der Waals surface area contributed by atoms with Crippen molar-refractivity contribution in [2.24, 2.45) is 5.41 Å². The Balaban J connectivity index is 2.32. The average molecular weight is 329 g/mol. The van der Waals surface area contributed by atoms with Crippen molar-refractivity contribution < 1.29 is 19.7 Å². The number of fused-ring (bicyclic) bond motifs is 1. The Morgan fingerprint density at radius 3 is 2.71 bits per heavy atom. The summed E-state index contributed by atoms with van der Waals surface area (Å²) < 4.78 is 5.00. The average Bonchev–Trinajstić information content (AvgIpc) is 2.57. The molecule has 5 heteroatoms. The second-order valence-electron chi connectivity index (χ2n) is 6.16. The topological polar surface area (TPSA) is 79.7 Å². The van der Waals surface area contributed by atoms with E-state index in [4.69, 9.17) is 4.74 Å². The Bertz CT molecular complexity index is 754. The highest BCUT2D eigenvalue weighted by molar-refractivity contribution is 5.82. The van der Waals surface area contributed by atoms with Crippen molar-refractivity contribution in [1.82, 2.24) is 4.98 Å². The second-order valence-corrected chi connectivity index (χ2v) is 6.16. The number of aliphatic hydroxyl groups excluding tert-OH is 1. The van der Waals surface area contributed by atoms with Crippen LogP contribution in [-0.2, 0) is 9.53 Å². The van der Waals surface area contributed by atoms with Crippen molar-refractivity contribution in [1.29, 1.82) is 0 Å². The van der Waals surface area contributed by atoms with Crippen LogP contribution < -0.4 is 0 Å². The van der Waals surface area contributed by atoms with Crippen LogP contribution in [0.1, 0.15) is 37.6 Å². The molecule has 2 N–H and O–H groups in total. The summed E-state index contributed by atoms with van der Waals surface area (Å²) in [5, 5.41) is 20.1. The number of aliphatic carboxylic acids is 1. The summed E-state index contributed by atoms with van der Waals surface area (Å²) in [6.45, 7) is 3.73. The molecule has 0 fully saturated rings. The number of hydrogen-bond donors (Lipinski definition) is 2. The van der Waals surface area contributed by atoms with E-state index in [1.807, 2.05) is 24.3 Å². The number of nitrogens with zero attached hydrogens (tertiary/aromatic N) is 1. The highest BCUT2D eigenvalue weighted by atomic mass is 16.5. The van der Waals surface area contributed by atoms with Crippen LogP contribution in [0.4, 0.5) is 0 Å². The number of carboxylic acids is 1. The van der Waals surface area contributed by atoms with Gasteiger partial charge >= 0.3 is 5.97 Å². The minimum absolute atomic E-state index is 0.379. The van der Waals surface area contributed by atoms with E-state index in [-0.39, 0.29) is 0 Å². The lowest BCUT2D eigenvalue weighted by atomic mass is 9.86. The molecular formula is C19H23NO4. The van der Waals surface area contributed by atoms with Crippen LogP contribution in [-0.4, -0.2) is 34.9 Å². The number of hydrogen-bond acceptors (Lipinski definition) is 4. The minimum Gasteiger partial charge on any atom is -0.481 e. The van der Waals surface area contributed by atoms with Gasteiger partial charge in [-0.1, -0.05) is 30.4 Å². The molecule has 0 saturated heterocycles. The lowest BCUT2D eigenvalue weighted by Gasteiger charge is -2.20. The minimum atomic E-state index is -0.986. The smallest absolute Gasteiger partial charge is 0.313 e. The molecule has 2 aromatic rings. The lowest BCUT2D eigenvalue weighted by Crippen LogP contribution is -2.26. The van der Waals surface area contributed by atoms with Crippen molar-refractivity contribution in [3.63, 3.8) is 0 Å². The summed E-state index contributed by atoms with van der Waals surface area (Å²) in [5.41, 5.74) is 1.26. The first-order valence-corrected chi connectivity index (χ1v) is 7.86. The molecule has 1 aromatic heterocycles. The standard InChI is InChI=1S/C19H23NO4/c1-13(21)16-7-6-15-5-4-14(12-17(15)20-16)8-9-19(2,18(22)23)10-11-24-3/h4-9,12-13,21H,10-11H2,1-3H3,(H,22,23)/t13-,19?/m1/s1. The molecule has 0 spiro atoms. The van der Waals surface area contributed by atoms with E-state index in [0.29, 0.717) is 18.7 Å². The van der Waals surface area contributed by atoms with Gasteiger partial charge in [0.2, 0.25) is 0 Å². The largest absolute Gasteiger partial charge is 0.481 e. The fraction of sp³-hybridized carbons (Fsp3) is 0.368. The second kappa shape index (κ2) is 7.55. The van der Waals surface area contributed by atoms with Gasteiger partial charge in [0.05, 0.1) is 22.7 Å². The molecule has 1 aromatic carbocycles. The van der Waals surface area contributed by atoms with Gasteiger partial charge in [-0.15, -0.1) is 0 Å². The molecule has 5 nitrogen and oxygen atoms in total. The Kier molecular flexibility index (Phi) is 5.70. The van der Waals surface area contributed by atoms with Crippen LogP contribution >= 0.6 is 0 Å². The van der Waals surface area contributed by atoms with Gasteiger partial charge in [-0.05, 0) is 38.0 Å². The number of aliphatic hydroxyl groups is 1. The van der Waals surface area contributed by atoms with Crippen LogP contribution in [0, 0.1) is 5.41 Å². The SMILES string of the molecule is COCCC(C)(C=Cc1ccc2ccc([C@@H](C)O)nc2c1)C(=O)O. The Hall–Kier alpha value is -2.24.